The number of nitrogens with zero attached hydrogens (tertiary/aromatic N) is 2. The maximum atomic E-state index is 14.0. The van der Waals surface area contributed by atoms with Crippen LogP contribution in [0, 0.1) is 5.92 Å². The molecule has 8 heteroatoms. The molecule has 0 radical (unpaired) electrons. The first-order valence-corrected chi connectivity index (χ1v) is 5.89. The number of nitrogen functional groups attached to an aromatic ring is 1. The first-order valence-electron chi connectivity index (χ1n) is 5.89. The molecule has 7 nitrogen and oxygen atoms in total. The molecular formula is C11H16FN3O4. The molecule has 0 saturated carbocycles. The summed E-state index contributed by atoms with van der Waals surface area (Å²) in [6, 6.07) is 1.39. The third-order valence-electron chi connectivity index (χ3n) is 3.28. The van der Waals surface area contributed by atoms with Crippen molar-refractivity contribution < 1.29 is 19.3 Å². The largest absolute Gasteiger partial charge is 0.394 e. The lowest BCUT2D eigenvalue weighted by Crippen LogP contribution is -2.52. The van der Waals surface area contributed by atoms with Gasteiger partial charge in [0.25, 0.3) is 0 Å². The van der Waals surface area contributed by atoms with E-state index in [-0.39, 0.29) is 5.82 Å². The predicted octanol–water partition coefficient (Wildman–Crippen LogP) is -0.950. The summed E-state index contributed by atoms with van der Waals surface area (Å²) in [4.78, 5) is 15.2. The van der Waals surface area contributed by atoms with E-state index in [9.17, 15) is 14.3 Å². The second-order valence-corrected chi connectivity index (χ2v) is 4.58. The lowest BCUT2D eigenvalue weighted by Gasteiger charge is -2.40. The summed E-state index contributed by atoms with van der Waals surface area (Å²) in [5.74, 6) is -0.707. The van der Waals surface area contributed by atoms with E-state index in [0.29, 0.717) is 0 Å². The van der Waals surface area contributed by atoms with E-state index in [4.69, 9.17) is 15.6 Å². The van der Waals surface area contributed by atoms with Gasteiger partial charge in [0, 0.05) is 12.1 Å². The van der Waals surface area contributed by atoms with Crippen molar-refractivity contribution in [3.05, 3.63) is 22.7 Å². The number of aliphatic hydroxyl groups is 2. The van der Waals surface area contributed by atoms with Crippen LogP contribution in [0.3, 0.4) is 0 Å². The Labute approximate surface area is 108 Å². The molecule has 1 saturated heterocycles. The topological polar surface area (TPSA) is 111 Å². The van der Waals surface area contributed by atoms with E-state index in [2.05, 4.69) is 4.98 Å². The fourth-order valence-corrected chi connectivity index (χ4v) is 2.15. The second kappa shape index (κ2) is 5.24. The Morgan fingerprint density at radius 3 is 2.89 bits per heavy atom. The zero-order valence-corrected chi connectivity index (χ0v) is 10.3. The molecule has 106 valence electrons. The average molecular weight is 273 g/mol. The summed E-state index contributed by atoms with van der Waals surface area (Å²) in [5, 5.41) is 18.7. The third kappa shape index (κ3) is 2.46. The molecule has 2 rings (SSSR count). The van der Waals surface area contributed by atoms with Crippen molar-refractivity contribution in [2.24, 2.45) is 5.92 Å². The van der Waals surface area contributed by atoms with Crippen LogP contribution < -0.4 is 11.4 Å². The van der Waals surface area contributed by atoms with Crippen LogP contribution in [0.4, 0.5) is 10.2 Å². The molecule has 5 atom stereocenters. The van der Waals surface area contributed by atoms with Crippen LogP contribution in [0.5, 0.6) is 0 Å². The van der Waals surface area contributed by atoms with Crippen LogP contribution in [0.1, 0.15) is 13.2 Å². The first-order chi connectivity index (χ1) is 8.95. The summed E-state index contributed by atoms with van der Waals surface area (Å²) in [6.45, 7) is 0.969. The minimum Gasteiger partial charge on any atom is -0.394 e. The molecule has 1 aliphatic heterocycles. The molecule has 0 amide bonds. The van der Waals surface area contributed by atoms with Gasteiger partial charge in [-0.25, -0.2) is 9.18 Å². The molecule has 0 bridgehead atoms. The summed E-state index contributed by atoms with van der Waals surface area (Å²) in [7, 11) is 0. The van der Waals surface area contributed by atoms with Gasteiger partial charge in [-0.2, -0.15) is 4.98 Å². The monoisotopic (exact) mass is 273 g/mol. The Kier molecular flexibility index (Phi) is 3.83. The van der Waals surface area contributed by atoms with Gasteiger partial charge < -0.3 is 20.7 Å². The van der Waals surface area contributed by atoms with Gasteiger partial charge in [-0.05, 0) is 6.07 Å². The van der Waals surface area contributed by atoms with Crippen molar-refractivity contribution in [3.8, 4) is 0 Å². The molecule has 0 aliphatic carbocycles. The molecule has 0 aromatic carbocycles. The van der Waals surface area contributed by atoms with Gasteiger partial charge in [-0.1, -0.05) is 6.92 Å². The minimum absolute atomic E-state index is 0.0558. The van der Waals surface area contributed by atoms with Crippen LogP contribution in [0.2, 0.25) is 0 Å². The van der Waals surface area contributed by atoms with E-state index in [0.717, 1.165) is 4.57 Å². The zero-order valence-electron chi connectivity index (χ0n) is 10.3. The number of nitrogens with two attached hydrogens (primary N) is 1. The number of rotatable bonds is 2. The van der Waals surface area contributed by atoms with Crippen LogP contribution in [-0.4, -0.2) is 44.8 Å². The van der Waals surface area contributed by atoms with Gasteiger partial charge in [0.15, 0.2) is 0 Å². The smallest absolute Gasteiger partial charge is 0.351 e. The lowest BCUT2D eigenvalue weighted by atomic mass is 9.92. The highest BCUT2D eigenvalue weighted by Crippen LogP contribution is 2.33. The zero-order chi connectivity index (χ0) is 14.2. The fourth-order valence-electron chi connectivity index (χ4n) is 2.15. The Balaban J connectivity index is 2.35. The number of aromatic nitrogens is 2. The molecule has 5 unspecified atom stereocenters. The predicted molar refractivity (Wildman–Crippen MR) is 64.0 cm³/mol. The molecule has 0 spiro atoms. The van der Waals surface area contributed by atoms with Gasteiger partial charge in [-0.3, -0.25) is 4.57 Å². The lowest BCUT2D eigenvalue weighted by molar-refractivity contribution is -0.213. The van der Waals surface area contributed by atoms with Gasteiger partial charge in [0.05, 0.1) is 6.61 Å². The molecular weight excluding hydrogens is 257 g/mol. The van der Waals surface area contributed by atoms with E-state index >= 15 is 0 Å². The Morgan fingerprint density at radius 1 is 1.63 bits per heavy atom. The van der Waals surface area contributed by atoms with Gasteiger partial charge >= 0.3 is 5.69 Å². The number of hydrogen-bond donors (Lipinski definition) is 3. The molecule has 1 aliphatic rings. The maximum Gasteiger partial charge on any atom is 0.351 e. The molecule has 19 heavy (non-hydrogen) atoms. The molecule has 1 fully saturated rings. The standard InChI is InChI=1S/C11H16FN3O4/c1-5-8(12)9(17)6(4-16)19-10(5)15-3-2-7(13)14-11(15)18/h2-3,5-6,8-10,16-17H,4H2,1H3,(H2,13,14,18). The van der Waals surface area contributed by atoms with Gasteiger partial charge in [-0.15, -0.1) is 0 Å². The van der Waals surface area contributed by atoms with Crippen molar-refractivity contribution in [1.82, 2.24) is 9.55 Å². The maximum absolute atomic E-state index is 14.0. The Morgan fingerprint density at radius 2 is 2.32 bits per heavy atom. The summed E-state index contributed by atoms with van der Waals surface area (Å²) >= 11 is 0. The Bertz CT molecular complexity index is 507. The summed E-state index contributed by atoms with van der Waals surface area (Å²) in [5.41, 5.74) is 4.71. The summed E-state index contributed by atoms with van der Waals surface area (Å²) < 4.78 is 20.4. The molecule has 1 aromatic rings. The third-order valence-corrected chi connectivity index (χ3v) is 3.28. The van der Waals surface area contributed by atoms with Gasteiger partial charge in [0.1, 0.15) is 30.4 Å². The number of halogens is 1. The average Bonchev–Trinajstić information content (AvgIpc) is 2.38. The SMILES string of the molecule is CC1C(F)C(O)C(CO)OC1n1ccc(N)nc1=O. The molecule has 2 heterocycles. The highest BCUT2D eigenvalue weighted by Gasteiger charge is 2.44. The minimum atomic E-state index is -1.61. The number of alkyl halides is 1. The molecule has 4 N–H and O–H groups in total. The van der Waals surface area contributed by atoms with E-state index in [1.807, 2.05) is 0 Å². The summed E-state index contributed by atoms with van der Waals surface area (Å²) in [6.07, 6.45) is -3.71. The second-order valence-electron chi connectivity index (χ2n) is 4.58. The van der Waals surface area contributed by atoms with Crippen molar-refractivity contribution in [2.45, 2.75) is 31.5 Å². The fraction of sp³-hybridized carbons (Fsp3) is 0.636. The number of hydrogen-bond acceptors (Lipinski definition) is 6. The first kappa shape index (κ1) is 13.9. The van der Waals surface area contributed by atoms with Crippen LogP contribution in [0.15, 0.2) is 17.1 Å². The quantitative estimate of drug-likeness (QED) is 0.640. The van der Waals surface area contributed by atoms with E-state index in [1.165, 1.54) is 19.2 Å². The molecule has 1 aromatic heterocycles. The highest BCUT2D eigenvalue weighted by atomic mass is 19.1. The van der Waals surface area contributed by atoms with Gasteiger partial charge in [0.2, 0.25) is 0 Å². The normalized spacial score (nSPS) is 35.3. The number of anilines is 1. The Hall–Kier alpha value is -1.51. The van der Waals surface area contributed by atoms with Crippen LogP contribution in [0.25, 0.3) is 0 Å². The number of aliphatic hydroxyl groups excluding tert-OH is 2. The van der Waals surface area contributed by atoms with Crippen molar-refractivity contribution in [2.75, 3.05) is 12.3 Å². The van der Waals surface area contributed by atoms with Crippen LogP contribution in [-0.2, 0) is 4.74 Å². The number of ether oxygens (including phenoxy) is 1. The van der Waals surface area contributed by atoms with E-state index in [1.54, 1.807) is 0 Å². The highest BCUT2D eigenvalue weighted by molar-refractivity contribution is 5.23. The van der Waals surface area contributed by atoms with Crippen molar-refractivity contribution in [3.63, 3.8) is 0 Å². The van der Waals surface area contributed by atoms with Crippen LogP contribution >= 0.6 is 0 Å². The van der Waals surface area contributed by atoms with Crippen molar-refractivity contribution in [1.29, 1.82) is 0 Å². The van der Waals surface area contributed by atoms with E-state index < -0.39 is 42.8 Å². The van der Waals surface area contributed by atoms with Crippen molar-refractivity contribution >= 4 is 5.82 Å².